The molecule has 2 aromatic rings. The zero-order valence-corrected chi connectivity index (χ0v) is 11.9. The van der Waals surface area contributed by atoms with Crippen LogP contribution in [0.15, 0.2) is 12.3 Å². The first-order chi connectivity index (χ1) is 10.2. The number of carbonyl (C=O) groups is 1. The van der Waals surface area contributed by atoms with Crippen molar-refractivity contribution >= 4 is 5.97 Å². The number of nitrogens with one attached hydrogen (secondary N) is 1. The van der Waals surface area contributed by atoms with E-state index in [-0.39, 0.29) is 0 Å². The molecule has 1 aliphatic heterocycles. The molecule has 0 radical (unpaired) electrons. The van der Waals surface area contributed by atoms with Gasteiger partial charge in [0.2, 0.25) is 0 Å². The molecular weight excluding hydrogens is 270 g/mol. The van der Waals surface area contributed by atoms with E-state index >= 15 is 0 Å². The molecule has 0 aromatic carbocycles. The largest absolute Gasteiger partial charge is 0.464 e. The van der Waals surface area contributed by atoms with E-state index in [1.807, 2.05) is 0 Å². The Bertz CT molecular complexity index is 702. The van der Waals surface area contributed by atoms with Gasteiger partial charge in [-0.25, -0.2) is 24.7 Å². The molecule has 0 amide bonds. The molecule has 0 fully saturated rings. The van der Waals surface area contributed by atoms with Gasteiger partial charge in [0.05, 0.1) is 12.8 Å². The van der Waals surface area contributed by atoms with Crippen molar-refractivity contribution in [3.05, 3.63) is 35.0 Å². The Morgan fingerprint density at radius 1 is 1.33 bits per heavy atom. The smallest absolute Gasteiger partial charge is 0.357 e. The van der Waals surface area contributed by atoms with Gasteiger partial charge in [-0.2, -0.15) is 0 Å². The molecule has 1 N–H and O–H groups in total. The summed E-state index contributed by atoms with van der Waals surface area (Å²) in [7, 11) is 1.35. The van der Waals surface area contributed by atoms with Crippen molar-refractivity contribution in [1.29, 1.82) is 0 Å². The predicted octanol–water partition coefficient (Wildman–Crippen LogP) is 0.674. The van der Waals surface area contributed by atoms with Crippen molar-refractivity contribution in [3.63, 3.8) is 0 Å². The zero-order chi connectivity index (χ0) is 14.8. The zero-order valence-electron chi connectivity index (χ0n) is 11.9. The van der Waals surface area contributed by atoms with Gasteiger partial charge in [-0.05, 0) is 26.0 Å². The number of esters is 1. The van der Waals surface area contributed by atoms with Gasteiger partial charge >= 0.3 is 5.97 Å². The van der Waals surface area contributed by atoms with Crippen LogP contribution in [0.1, 0.15) is 27.6 Å². The van der Waals surface area contributed by atoms with Crippen LogP contribution >= 0.6 is 0 Å². The van der Waals surface area contributed by atoms with E-state index in [0.29, 0.717) is 36.0 Å². The van der Waals surface area contributed by atoms with Gasteiger partial charge in [-0.3, -0.25) is 0 Å². The summed E-state index contributed by atoms with van der Waals surface area (Å²) in [6.07, 6.45) is 2.36. The molecular formula is C14H15N5O2. The first-order valence-corrected chi connectivity index (χ1v) is 6.68. The molecule has 108 valence electrons. The van der Waals surface area contributed by atoms with Gasteiger partial charge in [0.15, 0.2) is 11.5 Å². The average Bonchev–Trinajstić information content (AvgIpc) is 2.53. The van der Waals surface area contributed by atoms with Gasteiger partial charge < -0.3 is 10.1 Å². The molecule has 1 aliphatic rings. The number of methoxy groups -OCH3 is 1. The summed E-state index contributed by atoms with van der Waals surface area (Å²) < 4.78 is 4.83. The van der Waals surface area contributed by atoms with Crippen molar-refractivity contribution in [2.24, 2.45) is 0 Å². The minimum atomic E-state index is -0.442. The molecule has 7 heteroatoms. The maximum Gasteiger partial charge on any atom is 0.357 e. The third kappa shape index (κ3) is 2.59. The second-order valence-electron chi connectivity index (χ2n) is 4.73. The van der Waals surface area contributed by atoms with Crippen LogP contribution in [0.25, 0.3) is 11.5 Å². The highest BCUT2D eigenvalue weighted by Gasteiger charge is 2.23. The molecule has 3 heterocycles. The highest BCUT2D eigenvalue weighted by molar-refractivity contribution is 5.89. The molecule has 0 aliphatic carbocycles. The summed E-state index contributed by atoms with van der Waals surface area (Å²) in [4.78, 5) is 29.2. The van der Waals surface area contributed by atoms with Gasteiger partial charge in [-0.1, -0.05) is 0 Å². The maximum absolute atomic E-state index is 12.0. The third-order valence-electron chi connectivity index (χ3n) is 3.32. The summed E-state index contributed by atoms with van der Waals surface area (Å²) in [6, 6.07) is 1.73. The molecule has 0 saturated heterocycles. The Morgan fingerprint density at radius 3 is 2.95 bits per heavy atom. The summed E-state index contributed by atoms with van der Waals surface area (Å²) in [5.41, 5.74) is 2.61. The number of nitrogens with zero attached hydrogens (tertiary/aromatic N) is 4. The number of carbonyl (C=O) groups excluding carboxylic acids is 1. The Balaban J connectivity index is 2.16. The summed E-state index contributed by atoms with van der Waals surface area (Å²) >= 11 is 0. The van der Waals surface area contributed by atoms with E-state index in [1.54, 1.807) is 19.2 Å². The summed E-state index contributed by atoms with van der Waals surface area (Å²) in [5, 5.41) is 3.24. The predicted molar refractivity (Wildman–Crippen MR) is 74.5 cm³/mol. The standard InChI is InChI=1S/C14H15N5O2/c1-8-16-6-4-10(17-8)13-18-11-7-15-5-3-9(11)12(19-13)14(20)21-2/h4,6,15H,3,5,7H2,1-2H3. The van der Waals surface area contributed by atoms with Crippen molar-refractivity contribution in [3.8, 4) is 11.5 Å². The van der Waals surface area contributed by atoms with E-state index in [0.717, 1.165) is 17.8 Å². The van der Waals surface area contributed by atoms with Crippen LogP contribution in [-0.2, 0) is 17.7 Å². The lowest BCUT2D eigenvalue weighted by molar-refractivity contribution is 0.0592. The number of aromatic nitrogens is 4. The highest BCUT2D eigenvalue weighted by atomic mass is 16.5. The summed E-state index contributed by atoms with van der Waals surface area (Å²) in [5.74, 6) is 0.609. The van der Waals surface area contributed by atoms with Gasteiger partial charge in [0, 0.05) is 18.3 Å². The highest BCUT2D eigenvalue weighted by Crippen LogP contribution is 2.21. The van der Waals surface area contributed by atoms with Crippen LogP contribution in [-0.4, -0.2) is 39.6 Å². The van der Waals surface area contributed by atoms with Crippen LogP contribution in [0.4, 0.5) is 0 Å². The minimum Gasteiger partial charge on any atom is -0.464 e. The molecule has 0 spiro atoms. The third-order valence-corrected chi connectivity index (χ3v) is 3.32. The SMILES string of the molecule is COC(=O)c1nc(-c2ccnc(C)n2)nc2c1CCNC2. The van der Waals surface area contributed by atoms with Crippen LogP contribution in [0, 0.1) is 6.92 Å². The van der Waals surface area contributed by atoms with E-state index in [2.05, 4.69) is 25.3 Å². The first-order valence-electron chi connectivity index (χ1n) is 6.68. The van der Waals surface area contributed by atoms with Crippen LogP contribution in [0.5, 0.6) is 0 Å². The van der Waals surface area contributed by atoms with Crippen LogP contribution in [0.2, 0.25) is 0 Å². The number of rotatable bonds is 2. The molecule has 21 heavy (non-hydrogen) atoms. The molecule has 7 nitrogen and oxygen atoms in total. The number of ether oxygens (including phenoxy) is 1. The number of aryl methyl sites for hydroxylation is 1. The van der Waals surface area contributed by atoms with Gasteiger partial charge in [-0.15, -0.1) is 0 Å². The van der Waals surface area contributed by atoms with Gasteiger partial charge in [0.1, 0.15) is 11.5 Å². The van der Waals surface area contributed by atoms with Crippen LogP contribution in [0.3, 0.4) is 0 Å². The van der Waals surface area contributed by atoms with E-state index < -0.39 is 5.97 Å². The maximum atomic E-state index is 12.0. The molecule has 0 saturated carbocycles. The van der Waals surface area contributed by atoms with Crippen LogP contribution < -0.4 is 5.32 Å². The molecule has 0 atom stereocenters. The monoisotopic (exact) mass is 285 g/mol. The minimum absolute atomic E-state index is 0.329. The second-order valence-corrected chi connectivity index (χ2v) is 4.73. The van der Waals surface area contributed by atoms with E-state index in [9.17, 15) is 4.79 Å². The topological polar surface area (TPSA) is 89.9 Å². The lowest BCUT2D eigenvalue weighted by atomic mass is 10.0. The van der Waals surface area contributed by atoms with Crippen molar-refractivity contribution in [2.75, 3.05) is 13.7 Å². The summed E-state index contributed by atoms with van der Waals surface area (Å²) in [6.45, 7) is 3.20. The number of fused-ring (bicyclic) bond motifs is 1. The molecule has 0 unspecified atom stereocenters. The normalized spacial score (nSPS) is 13.6. The Hall–Kier alpha value is -2.41. The fraction of sp³-hybridized carbons (Fsp3) is 0.357. The first kappa shape index (κ1) is 13.6. The molecule has 2 aromatic heterocycles. The Kier molecular flexibility index (Phi) is 3.57. The quantitative estimate of drug-likeness (QED) is 0.811. The molecule has 0 bridgehead atoms. The Labute approximate surface area is 121 Å². The fourth-order valence-electron chi connectivity index (χ4n) is 2.32. The van der Waals surface area contributed by atoms with Crippen molar-refractivity contribution in [2.45, 2.75) is 19.9 Å². The second kappa shape index (κ2) is 5.53. The van der Waals surface area contributed by atoms with E-state index in [4.69, 9.17) is 4.74 Å². The number of hydrogen-bond donors (Lipinski definition) is 1. The van der Waals surface area contributed by atoms with Crippen molar-refractivity contribution in [1.82, 2.24) is 25.3 Å². The van der Waals surface area contributed by atoms with E-state index in [1.165, 1.54) is 7.11 Å². The lowest BCUT2D eigenvalue weighted by Gasteiger charge is -2.18. The van der Waals surface area contributed by atoms with Crippen molar-refractivity contribution < 1.29 is 9.53 Å². The average molecular weight is 285 g/mol. The lowest BCUT2D eigenvalue weighted by Crippen LogP contribution is -2.28. The molecule has 3 rings (SSSR count). The Morgan fingerprint density at radius 2 is 2.19 bits per heavy atom. The number of hydrogen-bond acceptors (Lipinski definition) is 7. The fourth-order valence-corrected chi connectivity index (χ4v) is 2.32. The van der Waals surface area contributed by atoms with Gasteiger partial charge in [0.25, 0.3) is 0 Å².